The van der Waals surface area contributed by atoms with Gasteiger partial charge in [-0.1, -0.05) is 6.92 Å². The third-order valence-corrected chi connectivity index (χ3v) is 2.82. The van der Waals surface area contributed by atoms with E-state index in [1.54, 1.807) is 10.9 Å². The van der Waals surface area contributed by atoms with Crippen molar-refractivity contribution in [3.05, 3.63) is 23.1 Å². The lowest BCUT2D eigenvalue weighted by atomic mass is 10.4. The standard InChI is InChI=1S/C10H12N6O/c1-3-4-15-8-7(14(2)5-11-8)9-13-12-6-16(9)10(15)17/h5-6H,3-4H2,1-2H3. The Balaban J connectivity index is 2.59. The van der Waals surface area contributed by atoms with E-state index >= 15 is 0 Å². The lowest BCUT2D eigenvalue weighted by Gasteiger charge is -2.06. The van der Waals surface area contributed by atoms with Crippen molar-refractivity contribution >= 4 is 16.8 Å². The van der Waals surface area contributed by atoms with Crippen LogP contribution in [-0.2, 0) is 13.6 Å². The maximum atomic E-state index is 12.2. The Hall–Kier alpha value is -2.18. The molecule has 0 amide bonds. The molecule has 7 nitrogen and oxygen atoms in total. The number of aromatic nitrogens is 6. The largest absolute Gasteiger partial charge is 0.336 e. The molecule has 0 aliphatic rings. The topological polar surface area (TPSA) is 70.0 Å². The third kappa shape index (κ3) is 1.22. The summed E-state index contributed by atoms with van der Waals surface area (Å²) in [5.41, 5.74) is 1.91. The van der Waals surface area contributed by atoms with Gasteiger partial charge in [0.05, 0.1) is 6.33 Å². The molecule has 7 heteroatoms. The minimum absolute atomic E-state index is 0.141. The minimum Gasteiger partial charge on any atom is -0.329 e. The molecule has 0 saturated carbocycles. The average Bonchev–Trinajstić information content (AvgIpc) is 2.90. The van der Waals surface area contributed by atoms with Gasteiger partial charge in [-0.2, -0.15) is 0 Å². The van der Waals surface area contributed by atoms with Gasteiger partial charge in [0.15, 0.2) is 11.3 Å². The second-order valence-corrected chi connectivity index (χ2v) is 3.99. The minimum atomic E-state index is -0.141. The van der Waals surface area contributed by atoms with Gasteiger partial charge < -0.3 is 4.57 Å². The first-order chi connectivity index (χ1) is 8.24. The summed E-state index contributed by atoms with van der Waals surface area (Å²) in [7, 11) is 1.88. The van der Waals surface area contributed by atoms with Gasteiger partial charge in [-0.3, -0.25) is 4.57 Å². The predicted octanol–water partition coefficient (Wildman–Crippen LogP) is 0.188. The van der Waals surface area contributed by atoms with Crippen molar-refractivity contribution in [1.29, 1.82) is 0 Å². The number of fused-ring (bicyclic) bond motifs is 3. The van der Waals surface area contributed by atoms with E-state index in [4.69, 9.17) is 0 Å². The van der Waals surface area contributed by atoms with Crippen LogP contribution in [-0.4, -0.2) is 28.7 Å². The molecule has 0 radical (unpaired) electrons. The number of imidazole rings is 1. The zero-order chi connectivity index (χ0) is 12.0. The van der Waals surface area contributed by atoms with E-state index in [1.165, 1.54) is 10.7 Å². The Morgan fingerprint density at radius 2 is 2.12 bits per heavy atom. The molecule has 0 aliphatic carbocycles. The van der Waals surface area contributed by atoms with E-state index in [1.807, 2.05) is 18.5 Å². The summed E-state index contributed by atoms with van der Waals surface area (Å²) in [5, 5.41) is 7.77. The van der Waals surface area contributed by atoms with Crippen LogP contribution in [0.1, 0.15) is 13.3 Å². The van der Waals surface area contributed by atoms with Crippen LogP contribution in [0.25, 0.3) is 16.8 Å². The van der Waals surface area contributed by atoms with E-state index in [0.717, 1.165) is 11.9 Å². The molecular weight excluding hydrogens is 220 g/mol. The first kappa shape index (κ1) is 10.0. The molecule has 3 heterocycles. The Kier molecular flexibility index (Phi) is 2.01. The Morgan fingerprint density at radius 1 is 1.29 bits per heavy atom. The zero-order valence-corrected chi connectivity index (χ0v) is 9.66. The van der Waals surface area contributed by atoms with Crippen molar-refractivity contribution in [1.82, 2.24) is 28.7 Å². The molecular formula is C10H12N6O. The molecule has 0 bridgehead atoms. The van der Waals surface area contributed by atoms with Gasteiger partial charge in [-0.05, 0) is 6.42 Å². The van der Waals surface area contributed by atoms with Gasteiger partial charge in [0, 0.05) is 13.6 Å². The molecule has 3 aromatic heterocycles. The second-order valence-electron chi connectivity index (χ2n) is 3.99. The number of rotatable bonds is 2. The van der Waals surface area contributed by atoms with Crippen molar-refractivity contribution in [2.45, 2.75) is 19.9 Å². The van der Waals surface area contributed by atoms with Crippen LogP contribution < -0.4 is 5.69 Å². The van der Waals surface area contributed by atoms with Gasteiger partial charge in [0.1, 0.15) is 11.8 Å². The SMILES string of the molecule is CCCn1c(=O)n2cnnc2c2c1ncn2C. The van der Waals surface area contributed by atoms with Crippen LogP contribution >= 0.6 is 0 Å². The van der Waals surface area contributed by atoms with Crippen LogP contribution in [0.4, 0.5) is 0 Å². The fraction of sp³-hybridized carbons (Fsp3) is 0.400. The normalized spacial score (nSPS) is 11.6. The Morgan fingerprint density at radius 3 is 2.88 bits per heavy atom. The molecule has 3 aromatic rings. The van der Waals surface area contributed by atoms with Gasteiger partial charge in [-0.25, -0.2) is 14.2 Å². The monoisotopic (exact) mass is 232 g/mol. The maximum absolute atomic E-state index is 12.2. The number of aryl methyl sites for hydroxylation is 2. The summed E-state index contributed by atoms with van der Waals surface area (Å²) >= 11 is 0. The van der Waals surface area contributed by atoms with E-state index in [-0.39, 0.29) is 5.69 Å². The summed E-state index contributed by atoms with van der Waals surface area (Å²) in [6, 6.07) is 0. The van der Waals surface area contributed by atoms with E-state index in [9.17, 15) is 4.79 Å². The van der Waals surface area contributed by atoms with Gasteiger partial charge in [0.2, 0.25) is 0 Å². The number of hydrogen-bond acceptors (Lipinski definition) is 4. The number of nitrogens with zero attached hydrogens (tertiary/aromatic N) is 6. The van der Waals surface area contributed by atoms with Crippen LogP contribution in [0.15, 0.2) is 17.4 Å². The van der Waals surface area contributed by atoms with Gasteiger partial charge in [0.25, 0.3) is 0 Å². The van der Waals surface area contributed by atoms with Gasteiger partial charge in [-0.15, -0.1) is 10.2 Å². The quantitative estimate of drug-likeness (QED) is 0.632. The molecule has 0 atom stereocenters. The first-order valence-corrected chi connectivity index (χ1v) is 5.47. The molecule has 0 N–H and O–H groups in total. The van der Waals surface area contributed by atoms with Crippen LogP contribution in [0, 0.1) is 0 Å². The predicted molar refractivity (Wildman–Crippen MR) is 61.8 cm³/mol. The van der Waals surface area contributed by atoms with Crippen LogP contribution in [0.5, 0.6) is 0 Å². The molecule has 0 saturated heterocycles. The third-order valence-electron chi connectivity index (χ3n) is 2.82. The van der Waals surface area contributed by atoms with Crippen molar-refractivity contribution < 1.29 is 0 Å². The van der Waals surface area contributed by atoms with Crippen molar-refractivity contribution in [2.24, 2.45) is 7.05 Å². The molecule has 88 valence electrons. The first-order valence-electron chi connectivity index (χ1n) is 5.47. The molecule has 3 rings (SSSR count). The smallest absolute Gasteiger partial charge is 0.329 e. The zero-order valence-electron chi connectivity index (χ0n) is 9.66. The lowest BCUT2D eigenvalue weighted by molar-refractivity contribution is 0.647. The summed E-state index contributed by atoms with van der Waals surface area (Å²) in [6.45, 7) is 2.66. The average molecular weight is 232 g/mol. The molecule has 0 spiro atoms. The number of hydrogen-bond donors (Lipinski definition) is 0. The van der Waals surface area contributed by atoms with Crippen molar-refractivity contribution in [3.8, 4) is 0 Å². The summed E-state index contributed by atoms with van der Waals surface area (Å²) < 4.78 is 4.97. The van der Waals surface area contributed by atoms with Crippen LogP contribution in [0.3, 0.4) is 0 Å². The highest BCUT2D eigenvalue weighted by Gasteiger charge is 2.15. The molecule has 17 heavy (non-hydrogen) atoms. The second kappa shape index (κ2) is 3.41. The van der Waals surface area contributed by atoms with E-state index in [2.05, 4.69) is 15.2 Å². The van der Waals surface area contributed by atoms with Gasteiger partial charge >= 0.3 is 5.69 Å². The van der Waals surface area contributed by atoms with E-state index < -0.39 is 0 Å². The summed E-state index contributed by atoms with van der Waals surface area (Å²) in [5.74, 6) is 0. The van der Waals surface area contributed by atoms with E-state index in [0.29, 0.717) is 17.8 Å². The molecule has 0 unspecified atom stereocenters. The fourth-order valence-corrected chi connectivity index (χ4v) is 2.06. The highest BCUT2D eigenvalue weighted by atomic mass is 16.1. The lowest BCUT2D eigenvalue weighted by Crippen LogP contribution is -2.27. The molecule has 0 aliphatic heterocycles. The Bertz CT molecular complexity index is 749. The Labute approximate surface area is 96.3 Å². The highest BCUT2D eigenvalue weighted by molar-refractivity contribution is 5.85. The van der Waals surface area contributed by atoms with Crippen molar-refractivity contribution in [2.75, 3.05) is 0 Å². The summed E-state index contributed by atoms with van der Waals surface area (Å²) in [4.78, 5) is 16.5. The molecule has 0 aromatic carbocycles. The molecule has 0 fully saturated rings. The van der Waals surface area contributed by atoms with Crippen LogP contribution in [0.2, 0.25) is 0 Å². The highest BCUT2D eigenvalue weighted by Crippen LogP contribution is 2.14. The fourth-order valence-electron chi connectivity index (χ4n) is 2.06. The maximum Gasteiger partial charge on any atom is 0.336 e. The van der Waals surface area contributed by atoms with Crippen molar-refractivity contribution in [3.63, 3.8) is 0 Å². The summed E-state index contributed by atoms with van der Waals surface area (Å²) in [6.07, 6.45) is 4.00.